The molecule has 21 heavy (non-hydrogen) atoms. The minimum absolute atomic E-state index is 0.0352. The Balaban J connectivity index is 2.26. The van der Waals surface area contributed by atoms with Crippen molar-refractivity contribution in [3.8, 4) is 5.75 Å². The summed E-state index contributed by atoms with van der Waals surface area (Å²) in [6.07, 6.45) is 1.61. The summed E-state index contributed by atoms with van der Waals surface area (Å²) in [5.41, 5.74) is 1.56. The summed E-state index contributed by atoms with van der Waals surface area (Å²) in [5, 5.41) is 11.7. The van der Waals surface area contributed by atoms with Crippen molar-refractivity contribution in [3.63, 3.8) is 0 Å². The lowest BCUT2D eigenvalue weighted by Gasteiger charge is -2.10. The molecule has 1 amide bonds. The second-order valence-electron chi connectivity index (χ2n) is 4.31. The van der Waals surface area contributed by atoms with Crippen LogP contribution in [0.4, 0.5) is 5.69 Å². The number of aryl methyl sites for hydroxylation is 1. The topological polar surface area (TPSA) is 88.5 Å². The summed E-state index contributed by atoms with van der Waals surface area (Å²) in [4.78, 5) is 27.2. The van der Waals surface area contributed by atoms with Crippen LogP contribution in [0.5, 0.6) is 5.75 Å². The number of anilines is 1. The van der Waals surface area contributed by atoms with E-state index in [1.54, 1.807) is 25.3 Å². The van der Waals surface area contributed by atoms with E-state index in [2.05, 4.69) is 10.3 Å². The number of carboxylic acid groups (broad SMARTS) is 1. The molecule has 0 saturated heterocycles. The smallest absolute Gasteiger partial charge is 0.339 e. The monoisotopic (exact) mass is 286 g/mol. The minimum Gasteiger partial charge on any atom is -0.496 e. The highest BCUT2D eigenvalue weighted by Gasteiger charge is 2.14. The molecule has 108 valence electrons. The molecule has 0 spiro atoms. The molecule has 0 unspecified atom stereocenters. The van der Waals surface area contributed by atoms with E-state index in [1.165, 1.54) is 25.3 Å². The Morgan fingerprint density at radius 3 is 2.62 bits per heavy atom. The summed E-state index contributed by atoms with van der Waals surface area (Å²) in [6, 6.07) is 7.70. The van der Waals surface area contributed by atoms with Gasteiger partial charge >= 0.3 is 5.97 Å². The van der Waals surface area contributed by atoms with Crippen molar-refractivity contribution in [2.45, 2.75) is 6.92 Å². The zero-order chi connectivity index (χ0) is 15.4. The van der Waals surface area contributed by atoms with E-state index in [-0.39, 0.29) is 17.2 Å². The molecule has 0 aliphatic rings. The fourth-order valence-corrected chi connectivity index (χ4v) is 1.87. The Morgan fingerprint density at radius 2 is 2.00 bits per heavy atom. The van der Waals surface area contributed by atoms with Gasteiger partial charge in [-0.05, 0) is 31.2 Å². The molecule has 2 aromatic rings. The number of methoxy groups -OCH3 is 1. The third-order valence-electron chi connectivity index (χ3n) is 2.94. The van der Waals surface area contributed by atoms with Gasteiger partial charge in [0.05, 0.1) is 12.7 Å². The third-order valence-corrected chi connectivity index (χ3v) is 2.94. The molecule has 6 nitrogen and oxygen atoms in total. The molecule has 1 aromatic heterocycles. The largest absolute Gasteiger partial charge is 0.496 e. The van der Waals surface area contributed by atoms with Crippen molar-refractivity contribution in [1.82, 2.24) is 4.98 Å². The SMILES string of the molecule is COc1cc(NC(=O)c2cccnc2C)ccc1C(=O)O. The van der Waals surface area contributed by atoms with Gasteiger partial charge in [-0.3, -0.25) is 9.78 Å². The summed E-state index contributed by atoms with van der Waals surface area (Å²) in [7, 11) is 1.37. The lowest BCUT2D eigenvalue weighted by atomic mass is 10.1. The summed E-state index contributed by atoms with van der Waals surface area (Å²) in [6.45, 7) is 1.74. The number of pyridine rings is 1. The lowest BCUT2D eigenvalue weighted by Crippen LogP contribution is -2.14. The number of carboxylic acids is 1. The highest BCUT2D eigenvalue weighted by atomic mass is 16.5. The first-order valence-electron chi connectivity index (χ1n) is 6.17. The molecular weight excluding hydrogens is 272 g/mol. The molecule has 6 heteroatoms. The van der Waals surface area contributed by atoms with Crippen LogP contribution >= 0.6 is 0 Å². The Labute approximate surface area is 121 Å². The van der Waals surface area contributed by atoms with E-state index in [9.17, 15) is 9.59 Å². The molecule has 2 rings (SSSR count). The van der Waals surface area contributed by atoms with E-state index >= 15 is 0 Å². The number of benzene rings is 1. The highest BCUT2D eigenvalue weighted by molar-refractivity contribution is 6.05. The number of hydrogen-bond donors (Lipinski definition) is 2. The number of carbonyl (C=O) groups excluding carboxylic acids is 1. The highest BCUT2D eigenvalue weighted by Crippen LogP contribution is 2.23. The van der Waals surface area contributed by atoms with Gasteiger partial charge < -0.3 is 15.2 Å². The van der Waals surface area contributed by atoms with Gasteiger partial charge in [0.2, 0.25) is 0 Å². The van der Waals surface area contributed by atoms with Crippen LogP contribution in [0.15, 0.2) is 36.5 Å². The average Bonchev–Trinajstić information content (AvgIpc) is 2.47. The number of carbonyl (C=O) groups is 2. The quantitative estimate of drug-likeness (QED) is 0.900. The minimum atomic E-state index is -1.09. The molecule has 0 atom stereocenters. The first-order valence-corrected chi connectivity index (χ1v) is 6.17. The predicted octanol–water partition coefficient (Wildman–Crippen LogP) is 2.35. The maximum absolute atomic E-state index is 12.1. The first kappa shape index (κ1) is 14.5. The molecule has 0 bridgehead atoms. The van der Waals surface area contributed by atoms with E-state index in [0.29, 0.717) is 16.9 Å². The molecule has 0 saturated carbocycles. The van der Waals surface area contributed by atoms with Gasteiger partial charge in [0, 0.05) is 23.6 Å². The Kier molecular flexibility index (Phi) is 4.18. The van der Waals surface area contributed by atoms with Crippen LogP contribution in [0.25, 0.3) is 0 Å². The number of nitrogens with one attached hydrogen (secondary N) is 1. The summed E-state index contributed by atoms with van der Waals surface area (Å²) < 4.78 is 5.01. The van der Waals surface area contributed by atoms with E-state index < -0.39 is 5.97 Å². The van der Waals surface area contributed by atoms with E-state index in [0.717, 1.165) is 0 Å². The molecule has 0 aliphatic carbocycles. The number of amides is 1. The number of ether oxygens (including phenoxy) is 1. The van der Waals surface area contributed by atoms with Crippen LogP contribution < -0.4 is 10.1 Å². The maximum Gasteiger partial charge on any atom is 0.339 e. The van der Waals surface area contributed by atoms with Gasteiger partial charge in [0.25, 0.3) is 5.91 Å². The number of hydrogen-bond acceptors (Lipinski definition) is 4. The Bertz CT molecular complexity index is 698. The van der Waals surface area contributed by atoms with Crippen LogP contribution in [-0.4, -0.2) is 29.1 Å². The van der Waals surface area contributed by atoms with Gasteiger partial charge in [-0.1, -0.05) is 0 Å². The molecule has 0 aliphatic heterocycles. The standard InChI is InChI=1S/C15H14N2O4/c1-9-11(4-3-7-16-9)14(18)17-10-5-6-12(15(19)20)13(8-10)21-2/h3-8H,1-2H3,(H,17,18)(H,19,20). The number of aromatic nitrogens is 1. The second kappa shape index (κ2) is 6.04. The molecule has 0 radical (unpaired) electrons. The maximum atomic E-state index is 12.1. The number of aromatic carboxylic acids is 1. The third kappa shape index (κ3) is 3.17. The first-order chi connectivity index (χ1) is 10.0. The van der Waals surface area contributed by atoms with Crippen LogP contribution in [0, 0.1) is 6.92 Å². The van der Waals surface area contributed by atoms with Crippen molar-refractivity contribution in [1.29, 1.82) is 0 Å². The number of nitrogens with zero attached hydrogens (tertiary/aromatic N) is 1. The Hall–Kier alpha value is -2.89. The van der Waals surface area contributed by atoms with Crippen LogP contribution in [0.2, 0.25) is 0 Å². The summed E-state index contributed by atoms with van der Waals surface area (Å²) >= 11 is 0. The van der Waals surface area contributed by atoms with E-state index in [4.69, 9.17) is 9.84 Å². The van der Waals surface area contributed by atoms with Crippen LogP contribution in [0.3, 0.4) is 0 Å². The number of rotatable bonds is 4. The van der Waals surface area contributed by atoms with Gasteiger partial charge in [0.1, 0.15) is 11.3 Å². The fourth-order valence-electron chi connectivity index (χ4n) is 1.87. The fraction of sp³-hybridized carbons (Fsp3) is 0.133. The van der Waals surface area contributed by atoms with Crippen molar-refractivity contribution in [2.75, 3.05) is 12.4 Å². The van der Waals surface area contributed by atoms with Gasteiger partial charge in [0.15, 0.2) is 0 Å². The van der Waals surface area contributed by atoms with Crippen molar-refractivity contribution in [3.05, 3.63) is 53.3 Å². The second-order valence-corrected chi connectivity index (χ2v) is 4.31. The van der Waals surface area contributed by atoms with Crippen molar-refractivity contribution >= 4 is 17.6 Å². The van der Waals surface area contributed by atoms with Gasteiger partial charge in [-0.2, -0.15) is 0 Å². The molecule has 1 heterocycles. The van der Waals surface area contributed by atoms with Crippen LogP contribution in [0.1, 0.15) is 26.4 Å². The Morgan fingerprint density at radius 1 is 1.24 bits per heavy atom. The zero-order valence-electron chi connectivity index (χ0n) is 11.6. The van der Waals surface area contributed by atoms with Gasteiger partial charge in [-0.15, -0.1) is 0 Å². The van der Waals surface area contributed by atoms with E-state index in [1.807, 2.05) is 0 Å². The molecular formula is C15H14N2O4. The lowest BCUT2D eigenvalue weighted by molar-refractivity contribution is 0.0693. The van der Waals surface area contributed by atoms with Crippen LogP contribution in [-0.2, 0) is 0 Å². The molecule has 2 N–H and O–H groups in total. The molecule has 0 fully saturated rings. The predicted molar refractivity (Wildman–Crippen MR) is 76.9 cm³/mol. The average molecular weight is 286 g/mol. The van der Waals surface area contributed by atoms with Crippen molar-refractivity contribution in [2.24, 2.45) is 0 Å². The van der Waals surface area contributed by atoms with Gasteiger partial charge in [-0.25, -0.2) is 4.79 Å². The summed E-state index contributed by atoms with van der Waals surface area (Å²) in [5.74, 6) is -1.22. The van der Waals surface area contributed by atoms with Crippen molar-refractivity contribution < 1.29 is 19.4 Å². The molecule has 1 aromatic carbocycles. The normalized spacial score (nSPS) is 10.0. The zero-order valence-corrected chi connectivity index (χ0v) is 11.6.